The summed E-state index contributed by atoms with van der Waals surface area (Å²) in [7, 11) is 0. The van der Waals surface area contributed by atoms with Crippen molar-refractivity contribution in [2.75, 3.05) is 0 Å². The van der Waals surface area contributed by atoms with Crippen LogP contribution in [0.1, 0.15) is 26.3 Å². The highest BCUT2D eigenvalue weighted by Gasteiger charge is 2.13. The molecular formula is C11H13O3. The average Bonchev–Trinajstić information content (AvgIpc) is 2.02. The van der Waals surface area contributed by atoms with Gasteiger partial charge in [-0.25, -0.2) is 0 Å². The molecule has 0 aliphatic carbocycles. The van der Waals surface area contributed by atoms with Gasteiger partial charge in [0.15, 0.2) is 0 Å². The van der Waals surface area contributed by atoms with Crippen LogP contribution in [0.3, 0.4) is 0 Å². The molecule has 3 nitrogen and oxygen atoms in total. The Bertz CT molecular complexity index is 319. The van der Waals surface area contributed by atoms with Crippen molar-refractivity contribution in [1.29, 1.82) is 0 Å². The van der Waals surface area contributed by atoms with Gasteiger partial charge in [-0.05, 0) is 23.1 Å². The Balaban J connectivity index is 2.84. The van der Waals surface area contributed by atoms with E-state index >= 15 is 0 Å². The number of hydrogen-bond acceptors (Lipinski definition) is 2. The minimum Gasteiger partial charge on any atom is -0.392 e. The fourth-order valence-electron chi connectivity index (χ4n) is 1.12. The summed E-state index contributed by atoms with van der Waals surface area (Å²) in [4.78, 5) is 10.1. The van der Waals surface area contributed by atoms with Gasteiger partial charge in [-0.15, -0.1) is 0 Å². The molecular weight excluding hydrogens is 180 g/mol. The molecule has 3 heteroatoms. The van der Waals surface area contributed by atoms with Crippen LogP contribution in [-0.2, 0) is 10.5 Å². The van der Waals surface area contributed by atoms with Crippen molar-refractivity contribution in [1.82, 2.24) is 0 Å². The van der Waals surface area contributed by atoms with Crippen molar-refractivity contribution in [2.24, 2.45) is 0 Å². The maximum atomic E-state index is 10.1. The lowest BCUT2D eigenvalue weighted by atomic mass is 9.87. The second kappa shape index (κ2) is 3.70. The maximum Gasteiger partial charge on any atom is 0.555 e. The Morgan fingerprint density at radius 1 is 1.14 bits per heavy atom. The fraction of sp³-hybridized carbons (Fsp3) is 0.364. The standard InChI is InChI=1S/C11H13O3/c1-11(2,3)8-4-6-9(7-5-8)14-10(12)13/h4-7H,1-3H3. The Kier molecular flexibility index (Phi) is 2.79. The molecule has 0 aliphatic rings. The Morgan fingerprint density at radius 3 is 2.00 bits per heavy atom. The van der Waals surface area contributed by atoms with Crippen LogP contribution >= 0.6 is 0 Å². The Labute approximate surface area is 83.3 Å². The van der Waals surface area contributed by atoms with Crippen molar-refractivity contribution < 1.29 is 14.6 Å². The van der Waals surface area contributed by atoms with Crippen molar-refractivity contribution in [3.8, 4) is 5.75 Å². The fourth-order valence-corrected chi connectivity index (χ4v) is 1.12. The molecule has 0 atom stereocenters. The Hall–Kier alpha value is -1.51. The van der Waals surface area contributed by atoms with E-state index < -0.39 is 6.16 Å². The molecule has 75 valence electrons. The van der Waals surface area contributed by atoms with Gasteiger partial charge in [-0.1, -0.05) is 32.9 Å². The topological polar surface area (TPSA) is 46.2 Å². The van der Waals surface area contributed by atoms with Crippen molar-refractivity contribution >= 4 is 6.16 Å². The summed E-state index contributed by atoms with van der Waals surface area (Å²) in [5.74, 6) is 0.290. The van der Waals surface area contributed by atoms with Crippen LogP contribution < -0.4 is 4.74 Å². The van der Waals surface area contributed by atoms with Gasteiger partial charge in [-0.2, -0.15) is 9.90 Å². The number of ether oxygens (including phenoxy) is 1. The molecule has 1 rings (SSSR count). The third-order valence-corrected chi connectivity index (χ3v) is 1.92. The predicted molar refractivity (Wildman–Crippen MR) is 51.9 cm³/mol. The molecule has 0 N–H and O–H groups in total. The van der Waals surface area contributed by atoms with E-state index in [9.17, 15) is 9.90 Å². The first-order chi connectivity index (χ1) is 6.39. The Morgan fingerprint density at radius 2 is 1.64 bits per heavy atom. The molecule has 0 spiro atoms. The molecule has 0 amide bonds. The lowest BCUT2D eigenvalue weighted by Gasteiger charge is -2.18. The van der Waals surface area contributed by atoms with E-state index in [-0.39, 0.29) is 11.2 Å². The van der Waals surface area contributed by atoms with Crippen molar-refractivity contribution in [3.63, 3.8) is 0 Å². The number of carbonyl (C=O) groups excluding carboxylic acids is 1. The van der Waals surface area contributed by atoms with Crippen LogP contribution in [0, 0.1) is 0 Å². The molecule has 0 unspecified atom stereocenters. The van der Waals surface area contributed by atoms with Gasteiger partial charge in [0.05, 0.1) is 0 Å². The molecule has 0 saturated carbocycles. The molecule has 0 aromatic heterocycles. The smallest absolute Gasteiger partial charge is 0.392 e. The summed E-state index contributed by atoms with van der Waals surface area (Å²) in [5.41, 5.74) is 1.18. The van der Waals surface area contributed by atoms with E-state index in [0.29, 0.717) is 0 Å². The molecule has 0 aliphatic heterocycles. The van der Waals surface area contributed by atoms with E-state index in [1.165, 1.54) is 0 Å². The summed E-state index contributed by atoms with van der Waals surface area (Å²) < 4.78 is 4.39. The van der Waals surface area contributed by atoms with Gasteiger partial charge in [-0.3, -0.25) is 0 Å². The highest BCUT2D eigenvalue weighted by molar-refractivity contribution is 5.60. The van der Waals surface area contributed by atoms with E-state index in [2.05, 4.69) is 25.5 Å². The lowest BCUT2D eigenvalue weighted by molar-refractivity contribution is 0.117. The quantitative estimate of drug-likeness (QED) is 0.508. The second-order valence-corrected chi connectivity index (χ2v) is 4.13. The van der Waals surface area contributed by atoms with Gasteiger partial charge in [0, 0.05) is 0 Å². The third-order valence-electron chi connectivity index (χ3n) is 1.92. The zero-order valence-corrected chi connectivity index (χ0v) is 8.53. The molecule has 14 heavy (non-hydrogen) atoms. The number of benzene rings is 1. The SMILES string of the molecule is CC(C)(C)c1ccc(OC([O])=O)cc1. The van der Waals surface area contributed by atoms with E-state index in [4.69, 9.17) is 0 Å². The van der Waals surface area contributed by atoms with Gasteiger partial charge < -0.3 is 4.74 Å². The summed E-state index contributed by atoms with van der Waals surface area (Å²) in [6.07, 6.45) is -1.53. The molecule has 0 heterocycles. The highest BCUT2D eigenvalue weighted by Crippen LogP contribution is 2.24. The predicted octanol–water partition coefficient (Wildman–Crippen LogP) is 2.91. The van der Waals surface area contributed by atoms with Crippen molar-refractivity contribution in [2.45, 2.75) is 26.2 Å². The van der Waals surface area contributed by atoms with Crippen molar-refractivity contribution in [3.05, 3.63) is 29.8 Å². The number of carbonyl (C=O) groups is 1. The molecule has 1 aromatic rings. The van der Waals surface area contributed by atoms with Gasteiger partial charge in [0.25, 0.3) is 0 Å². The first kappa shape index (κ1) is 10.6. The van der Waals surface area contributed by atoms with Crippen LogP contribution in [0.5, 0.6) is 5.75 Å². The van der Waals surface area contributed by atoms with Gasteiger partial charge in [0.2, 0.25) is 0 Å². The first-order valence-electron chi connectivity index (χ1n) is 4.39. The second-order valence-electron chi connectivity index (χ2n) is 4.13. The maximum absolute atomic E-state index is 10.1. The summed E-state index contributed by atoms with van der Waals surface area (Å²) in [6, 6.07) is 6.93. The highest BCUT2D eigenvalue weighted by atomic mass is 16.7. The largest absolute Gasteiger partial charge is 0.555 e. The first-order valence-corrected chi connectivity index (χ1v) is 4.39. The number of rotatable bonds is 1. The van der Waals surface area contributed by atoms with E-state index in [1.54, 1.807) is 12.1 Å². The van der Waals surface area contributed by atoms with Crippen LogP contribution in [0.2, 0.25) is 0 Å². The molecule has 0 fully saturated rings. The van der Waals surface area contributed by atoms with Crippen LogP contribution in [0.4, 0.5) is 4.79 Å². The molecule has 0 saturated heterocycles. The summed E-state index contributed by atoms with van der Waals surface area (Å²) in [6.45, 7) is 6.25. The minimum atomic E-state index is -1.53. The van der Waals surface area contributed by atoms with Gasteiger partial charge in [0.1, 0.15) is 5.75 Å². The van der Waals surface area contributed by atoms with Crippen LogP contribution in [0.25, 0.3) is 0 Å². The molecule has 1 radical (unpaired) electrons. The van der Waals surface area contributed by atoms with Gasteiger partial charge >= 0.3 is 6.16 Å². The normalized spacial score (nSPS) is 11.1. The number of hydrogen-bond donors (Lipinski definition) is 0. The van der Waals surface area contributed by atoms with E-state index in [0.717, 1.165) is 5.56 Å². The van der Waals surface area contributed by atoms with Crippen LogP contribution in [-0.4, -0.2) is 6.16 Å². The molecule has 1 aromatic carbocycles. The zero-order chi connectivity index (χ0) is 10.8. The monoisotopic (exact) mass is 193 g/mol. The summed E-state index contributed by atoms with van der Waals surface area (Å²) >= 11 is 0. The lowest BCUT2D eigenvalue weighted by Crippen LogP contribution is -2.10. The third kappa shape index (κ3) is 2.76. The molecule has 0 bridgehead atoms. The van der Waals surface area contributed by atoms with Crippen LogP contribution in [0.15, 0.2) is 24.3 Å². The minimum absolute atomic E-state index is 0.0556. The zero-order valence-electron chi connectivity index (χ0n) is 8.53. The van der Waals surface area contributed by atoms with E-state index in [1.807, 2.05) is 12.1 Å². The average molecular weight is 193 g/mol. The summed E-state index contributed by atoms with van der Waals surface area (Å²) in [5, 5.41) is 10.1.